The fraction of sp³-hybridized carbons (Fsp3) is 0.929. The first kappa shape index (κ1) is 13.8. The molecule has 1 amide bonds. The summed E-state index contributed by atoms with van der Waals surface area (Å²) in [6, 6.07) is 0. The van der Waals surface area contributed by atoms with Gasteiger partial charge in [0.1, 0.15) is 0 Å². The van der Waals surface area contributed by atoms with Crippen LogP contribution in [0.1, 0.15) is 33.6 Å². The third-order valence-electron chi connectivity index (χ3n) is 4.11. The molecule has 1 saturated heterocycles. The molecule has 1 heterocycles. The highest BCUT2D eigenvalue weighted by atomic mass is 16.5. The van der Waals surface area contributed by atoms with Crippen LogP contribution in [0.25, 0.3) is 0 Å². The zero-order valence-corrected chi connectivity index (χ0v) is 12.1. The number of morpholine rings is 1. The molecule has 0 unspecified atom stereocenters. The number of carbonyl (C=O) groups excluding carboxylic acids is 1. The molecule has 0 aromatic rings. The Hall–Kier alpha value is -0.610. The zero-order valence-electron chi connectivity index (χ0n) is 12.1. The summed E-state index contributed by atoms with van der Waals surface area (Å²) in [5.41, 5.74) is -0.0413. The first-order chi connectivity index (χ1) is 8.40. The molecule has 2 fully saturated rings. The number of hydrogen-bond donors (Lipinski definition) is 0. The van der Waals surface area contributed by atoms with Crippen molar-refractivity contribution in [3.63, 3.8) is 0 Å². The van der Waals surface area contributed by atoms with E-state index < -0.39 is 0 Å². The first-order valence-corrected chi connectivity index (χ1v) is 7.04. The first-order valence-electron chi connectivity index (χ1n) is 7.04. The fourth-order valence-electron chi connectivity index (χ4n) is 2.72. The van der Waals surface area contributed by atoms with Gasteiger partial charge in [0.15, 0.2) is 0 Å². The van der Waals surface area contributed by atoms with Gasteiger partial charge >= 0.3 is 0 Å². The molecule has 1 saturated carbocycles. The average molecular weight is 254 g/mol. The zero-order chi connectivity index (χ0) is 13.3. The number of amides is 1. The summed E-state index contributed by atoms with van der Waals surface area (Å²) in [5, 5.41) is 0. The van der Waals surface area contributed by atoms with E-state index in [0.717, 1.165) is 39.0 Å². The molecule has 2 atom stereocenters. The number of hydrogen-bond acceptors (Lipinski definition) is 3. The number of nitrogens with zero attached hydrogens (tertiary/aromatic N) is 2. The van der Waals surface area contributed by atoms with Gasteiger partial charge in [-0.15, -0.1) is 0 Å². The van der Waals surface area contributed by atoms with Crippen LogP contribution in [0.15, 0.2) is 0 Å². The monoisotopic (exact) mass is 254 g/mol. The minimum atomic E-state index is -0.0413. The number of likely N-dealkylation sites (N-methyl/N-ethyl adjacent to an activating group) is 1. The molecule has 0 bridgehead atoms. The molecular formula is C14H26N2O2. The minimum absolute atomic E-state index is 0.0413. The maximum absolute atomic E-state index is 12.1. The third-order valence-corrected chi connectivity index (χ3v) is 4.11. The highest BCUT2D eigenvalue weighted by molar-refractivity contribution is 5.84. The van der Waals surface area contributed by atoms with Crippen LogP contribution in [-0.4, -0.2) is 61.1 Å². The molecule has 4 heteroatoms. The number of ether oxygens (including phenoxy) is 1. The quantitative estimate of drug-likeness (QED) is 0.759. The standard InChI is InChI=1S/C14H26N2O2/c1-11-9-16(10-12(2)18-11)8-7-15(4)13(17)14(3)5-6-14/h11-12H,5-10H2,1-4H3/t11-,12+. The van der Waals surface area contributed by atoms with Crippen molar-refractivity contribution in [3.8, 4) is 0 Å². The molecule has 0 N–H and O–H groups in total. The van der Waals surface area contributed by atoms with E-state index in [1.54, 1.807) is 0 Å². The van der Waals surface area contributed by atoms with Gasteiger partial charge in [0.2, 0.25) is 5.91 Å². The maximum Gasteiger partial charge on any atom is 0.228 e. The van der Waals surface area contributed by atoms with Crippen LogP contribution < -0.4 is 0 Å². The molecule has 104 valence electrons. The van der Waals surface area contributed by atoms with E-state index in [1.165, 1.54) is 0 Å². The van der Waals surface area contributed by atoms with E-state index >= 15 is 0 Å². The fourth-order valence-corrected chi connectivity index (χ4v) is 2.72. The molecule has 0 spiro atoms. The second-order valence-electron chi connectivity index (χ2n) is 6.30. The SMILES string of the molecule is C[C@@H]1CN(CCN(C)C(=O)C2(C)CC2)C[C@H](C)O1. The predicted molar refractivity (Wildman–Crippen MR) is 71.4 cm³/mol. The lowest BCUT2D eigenvalue weighted by Crippen LogP contribution is -2.48. The normalized spacial score (nSPS) is 31.1. The molecule has 0 aromatic carbocycles. The van der Waals surface area contributed by atoms with Crippen molar-refractivity contribution in [2.45, 2.75) is 45.8 Å². The van der Waals surface area contributed by atoms with Crippen LogP contribution >= 0.6 is 0 Å². The Morgan fingerprint density at radius 1 is 1.33 bits per heavy atom. The topological polar surface area (TPSA) is 32.8 Å². The van der Waals surface area contributed by atoms with Gasteiger partial charge in [0.25, 0.3) is 0 Å². The number of carbonyl (C=O) groups is 1. The molecule has 0 radical (unpaired) electrons. The van der Waals surface area contributed by atoms with Gasteiger partial charge in [0, 0.05) is 38.6 Å². The van der Waals surface area contributed by atoms with Gasteiger partial charge in [0.05, 0.1) is 12.2 Å². The Labute approximate surface area is 110 Å². The van der Waals surface area contributed by atoms with Crippen molar-refractivity contribution >= 4 is 5.91 Å². The van der Waals surface area contributed by atoms with E-state index in [2.05, 4.69) is 25.7 Å². The second kappa shape index (κ2) is 5.17. The summed E-state index contributed by atoms with van der Waals surface area (Å²) in [4.78, 5) is 16.4. The van der Waals surface area contributed by atoms with Crippen LogP contribution in [-0.2, 0) is 9.53 Å². The molecule has 0 aromatic heterocycles. The van der Waals surface area contributed by atoms with Crippen LogP contribution in [0.3, 0.4) is 0 Å². The summed E-state index contributed by atoms with van der Waals surface area (Å²) in [5.74, 6) is 0.317. The smallest absolute Gasteiger partial charge is 0.228 e. The lowest BCUT2D eigenvalue weighted by Gasteiger charge is -2.36. The van der Waals surface area contributed by atoms with Crippen molar-refractivity contribution in [1.29, 1.82) is 0 Å². The molecular weight excluding hydrogens is 228 g/mol. The largest absolute Gasteiger partial charge is 0.373 e. The lowest BCUT2D eigenvalue weighted by atomic mass is 10.1. The lowest BCUT2D eigenvalue weighted by molar-refractivity contribution is -0.135. The molecule has 2 rings (SSSR count). The van der Waals surface area contributed by atoms with Gasteiger partial charge in [-0.05, 0) is 26.7 Å². The van der Waals surface area contributed by atoms with Gasteiger partial charge < -0.3 is 9.64 Å². The summed E-state index contributed by atoms with van der Waals surface area (Å²) in [6.45, 7) is 10.0. The van der Waals surface area contributed by atoms with E-state index in [-0.39, 0.29) is 5.41 Å². The van der Waals surface area contributed by atoms with Crippen LogP contribution in [0.5, 0.6) is 0 Å². The molecule has 2 aliphatic rings. The summed E-state index contributed by atoms with van der Waals surface area (Å²) in [7, 11) is 1.93. The van der Waals surface area contributed by atoms with E-state index in [9.17, 15) is 4.79 Å². The van der Waals surface area contributed by atoms with Gasteiger partial charge in [-0.2, -0.15) is 0 Å². The van der Waals surface area contributed by atoms with Crippen molar-refractivity contribution in [2.24, 2.45) is 5.41 Å². The average Bonchev–Trinajstić information content (AvgIpc) is 3.03. The van der Waals surface area contributed by atoms with Crippen molar-refractivity contribution in [3.05, 3.63) is 0 Å². The summed E-state index contributed by atoms with van der Waals surface area (Å²) < 4.78 is 5.71. The predicted octanol–water partition coefficient (Wildman–Crippen LogP) is 1.35. The van der Waals surface area contributed by atoms with Crippen molar-refractivity contribution in [2.75, 3.05) is 33.2 Å². The van der Waals surface area contributed by atoms with E-state index in [1.807, 2.05) is 11.9 Å². The van der Waals surface area contributed by atoms with Crippen LogP contribution in [0.2, 0.25) is 0 Å². The third kappa shape index (κ3) is 3.23. The Bertz CT molecular complexity index is 305. The minimum Gasteiger partial charge on any atom is -0.373 e. The van der Waals surface area contributed by atoms with Crippen molar-refractivity contribution in [1.82, 2.24) is 9.80 Å². The maximum atomic E-state index is 12.1. The number of rotatable bonds is 4. The Kier molecular flexibility index (Phi) is 3.97. The summed E-state index contributed by atoms with van der Waals surface area (Å²) >= 11 is 0. The molecule has 18 heavy (non-hydrogen) atoms. The van der Waals surface area contributed by atoms with Gasteiger partial charge in [-0.25, -0.2) is 0 Å². The Balaban J connectivity index is 1.75. The van der Waals surface area contributed by atoms with E-state index in [4.69, 9.17) is 4.74 Å². The summed E-state index contributed by atoms with van der Waals surface area (Å²) in [6.07, 6.45) is 2.72. The molecule has 4 nitrogen and oxygen atoms in total. The van der Waals surface area contributed by atoms with Crippen LogP contribution in [0.4, 0.5) is 0 Å². The highest BCUT2D eigenvalue weighted by Crippen LogP contribution is 2.46. The molecule has 1 aliphatic carbocycles. The Morgan fingerprint density at radius 3 is 2.39 bits per heavy atom. The van der Waals surface area contributed by atoms with Gasteiger partial charge in [-0.3, -0.25) is 9.69 Å². The van der Waals surface area contributed by atoms with E-state index in [0.29, 0.717) is 18.1 Å². The molecule has 1 aliphatic heterocycles. The highest BCUT2D eigenvalue weighted by Gasteiger charge is 2.46. The van der Waals surface area contributed by atoms with Crippen molar-refractivity contribution < 1.29 is 9.53 Å². The second-order valence-corrected chi connectivity index (χ2v) is 6.30. The Morgan fingerprint density at radius 2 is 1.89 bits per heavy atom. The van der Waals surface area contributed by atoms with Gasteiger partial charge in [-0.1, -0.05) is 6.92 Å². The van der Waals surface area contributed by atoms with Crippen LogP contribution in [0, 0.1) is 5.41 Å².